The van der Waals surface area contributed by atoms with Gasteiger partial charge in [-0.15, -0.1) is 0 Å². The number of aryl methyl sites for hydroxylation is 1. The Balaban J connectivity index is 1.36. The summed E-state index contributed by atoms with van der Waals surface area (Å²) < 4.78 is 40.2. The van der Waals surface area contributed by atoms with E-state index in [1.54, 1.807) is 0 Å². The maximum atomic E-state index is 13.0. The summed E-state index contributed by atoms with van der Waals surface area (Å²) in [6.07, 6.45) is 0.781. The molecule has 5 nitrogen and oxygen atoms in total. The summed E-state index contributed by atoms with van der Waals surface area (Å²) in [5, 5.41) is 0. The zero-order valence-corrected chi connectivity index (χ0v) is 17.1. The number of nitrogens with one attached hydrogen (secondary N) is 1. The first-order valence-electron chi connectivity index (χ1n) is 9.67. The fourth-order valence-electron chi connectivity index (χ4n) is 3.48. The van der Waals surface area contributed by atoms with E-state index in [0.717, 1.165) is 56.0 Å². The molecule has 0 atom stereocenters. The summed E-state index contributed by atoms with van der Waals surface area (Å²) in [5.74, 6) is -0.197. The first kappa shape index (κ1) is 20.8. The molecule has 1 heterocycles. The van der Waals surface area contributed by atoms with Crippen molar-refractivity contribution in [2.45, 2.75) is 19.1 Å². The van der Waals surface area contributed by atoms with Gasteiger partial charge in [0.1, 0.15) is 5.82 Å². The first-order valence-corrected chi connectivity index (χ1v) is 11.3. The van der Waals surface area contributed by atoms with Crippen LogP contribution in [0.4, 0.5) is 10.1 Å². The van der Waals surface area contributed by atoms with Crippen LogP contribution < -0.4 is 9.62 Å². The normalized spacial score (nSPS) is 15.7. The Morgan fingerprint density at radius 3 is 2.43 bits per heavy atom. The molecule has 0 aromatic heterocycles. The van der Waals surface area contributed by atoms with Gasteiger partial charge in [0.25, 0.3) is 0 Å². The van der Waals surface area contributed by atoms with Crippen LogP contribution in [-0.2, 0) is 15.8 Å². The summed E-state index contributed by atoms with van der Waals surface area (Å²) in [4.78, 5) is 4.59. The number of hydrogen-bond donors (Lipinski definition) is 1. The third-order valence-electron chi connectivity index (χ3n) is 4.98. The molecule has 0 amide bonds. The van der Waals surface area contributed by atoms with Crippen LogP contribution in [0.3, 0.4) is 0 Å². The molecule has 1 saturated heterocycles. The van der Waals surface area contributed by atoms with Gasteiger partial charge in [-0.25, -0.2) is 17.5 Å². The van der Waals surface area contributed by atoms with Crippen LogP contribution in [0.25, 0.3) is 0 Å². The summed E-state index contributed by atoms with van der Waals surface area (Å²) >= 11 is 0. The zero-order chi connectivity index (χ0) is 20.0. The van der Waals surface area contributed by atoms with Gasteiger partial charge in [0.15, 0.2) is 0 Å². The third-order valence-corrected chi connectivity index (χ3v) is 6.33. The Morgan fingerprint density at radius 1 is 1.04 bits per heavy atom. The highest BCUT2D eigenvalue weighted by molar-refractivity contribution is 7.88. The molecule has 0 radical (unpaired) electrons. The molecule has 0 unspecified atom stereocenters. The molecule has 3 rings (SSSR count). The average molecular weight is 406 g/mol. The lowest BCUT2D eigenvalue weighted by atomic mass is 10.2. The second kappa shape index (κ2) is 9.49. The molecule has 2 aromatic rings. The van der Waals surface area contributed by atoms with Crippen LogP contribution in [0, 0.1) is 12.7 Å². The number of anilines is 1. The average Bonchev–Trinajstić information content (AvgIpc) is 2.66. The van der Waals surface area contributed by atoms with Gasteiger partial charge < -0.3 is 4.90 Å². The SMILES string of the molecule is Cc1cccc(CS(=O)(=O)NCCCN2CCN(c3ccc(F)cc3)CC2)c1. The number of halogens is 1. The van der Waals surface area contributed by atoms with Crippen LogP contribution in [-0.4, -0.2) is 52.6 Å². The Labute approximate surface area is 167 Å². The third kappa shape index (κ3) is 6.29. The minimum atomic E-state index is -3.31. The maximum absolute atomic E-state index is 13.0. The van der Waals surface area contributed by atoms with Gasteiger partial charge >= 0.3 is 0 Å². The van der Waals surface area contributed by atoms with E-state index < -0.39 is 10.0 Å². The van der Waals surface area contributed by atoms with Crippen molar-refractivity contribution in [2.75, 3.05) is 44.2 Å². The van der Waals surface area contributed by atoms with Crippen molar-refractivity contribution in [3.05, 3.63) is 65.5 Å². The molecule has 1 aliphatic rings. The first-order chi connectivity index (χ1) is 13.4. The molecule has 0 bridgehead atoms. The number of benzene rings is 2. The largest absolute Gasteiger partial charge is 0.369 e. The Kier molecular flexibility index (Phi) is 7.04. The van der Waals surface area contributed by atoms with E-state index >= 15 is 0 Å². The highest BCUT2D eigenvalue weighted by atomic mass is 32.2. The van der Waals surface area contributed by atoms with Crippen molar-refractivity contribution in [1.29, 1.82) is 0 Å². The molecule has 1 aliphatic heterocycles. The van der Waals surface area contributed by atoms with Gasteiger partial charge in [-0.05, 0) is 49.7 Å². The van der Waals surface area contributed by atoms with Gasteiger partial charge in [0, 0.05) is 38.4 Å². The molecule has 28 heavy (non-hydrogen) atoms. The molecule has 0 saturated carbocycles. The molecule has 2 aromatic carbocycles. The molecule has 0 spiro atoms. The van der Waals surface area contributed by atoms with Crippen molar-refractivity contribution in [1.82, 2.24) is 9.62 Å². The van der Waals surface area contributed by atoms with Crippen molar-refractivity contribution in [3.8, 4) is 0 Å². The van der Waals surface area contributed by atoms with Gasteiger partial charge in [-0.3, -0.25) is 4.90 Å². The second-order valence-corrected chi connectivity index (χ2v) is 9.11. The van der Waals surface area contributed by atoms with E-state index in [-0.39, 0.29) is 11.6 Å². The van der Waals surface area contributed by atoms with Crippen molar-refractivity contribution >= 4 is 15.7 Å². The van der Waals surface area contributed by atoms with Crippen molar-refractivity contribution in [3.63, 3.8) is 0 Å². The maximum Gasteiger partial charge on any atom is 0.215 e. The van der Waals surface area contributed by atoms with E-state index in [0.29, 0.717) is 6.54 Å². The monoisotopic (exact) mass is 405 g/mol. The lowest BCUT2D eigenvalue weighted by Crippen LogP contribution is -2.47. The molecular weight excluding hydrogens is 377 g/mol. The standard InChI is InChI=1S/C21H28FN3O2S/c1-18-4-2-5-19(16-18)17-28(26,27)23-10-3-11-24-12-14-25(15-13-24)21-8-6-20(22)7-9-21/h2,4-9,16,23H,3,10-15,17H2,1H3. The van der Waals surface area contributed by atoms with Crippen LogP contribution in [0.5, 0.6) is 0 Å². The Morgan fingerprint density at radius 2 is 1.75 bits per heavy atom. The lowest BCUT2D eigenvalue weighted by Gasteiger charge is -2.36. The lowest BCUT2D eigenvalue weighted by molar-refractivity contribution is 0.255. The van der Waals surface area contributed by atoms with Crippen LogP contribution in [0.2, 0.25) is 0 Å². The topological polar surface area (TPSA) is 52.7 Å². The minimum absolute atomic E-state index is 0.0189. The van der Waals surface area contributed by atoms with Crippen LogP contribution in [0.1, 0.15) is 17.5 Å². The second-order valence-electron chi connectivity index (χ2n) is 7.30. The number of nitrogens with zero attached hydrogens (tertiary/aromatic N) is 2. The van der Waals surface area contributed by atoms with E-state index in [4.69, 9.17) is 0 Å². The molecule has 7 heteroatoms. The number of piperazine rings is 1. The summed E-state index contributed by atoms with van der Waals surface area (Å²) in [6, 6.07) is 14.2. The van der Waals surface area contributed by atoms with E-state index in [9.17, 15) is 12.8 Å². The van der Waals surface area contributed by atoms with Gasteiger partial charge in [-0.2, -0.15) is 0 Å². The number of hydrogen-bond acceptors (Lipinski definition) is 4. The van der Waals surface area contributed by atoms with E-state index in [1.165, 1.54) is 12.1 Å². The van der Waals surface area contributed by atoms with Crippen LogP contribution in [0.15, 0.2) is 48.5 Å². The molecule has 1 fully saturated rings. The fourth-order valence-corrected chi connectivity index (χ4v) is 4.66. The Hall–Kier alpha value is -1.96. The number of rotatable bonds is 8. The van der Waals surface area contributed by atoms with Crippen molar-refractivity contribution in [2.24, 2.45) is 0 Å². The van der Waals surface area contributed by atoms with Crippen LogP contribution >= 0.6 is 0 Å². The highest BCUT2D eigenvalue weighted by Crippen LogP contribution is 2.17. The molecule has 152 valence electrons. The molecular formula is C21H28FN3O2S. The smallest absolute Gasteiger partial charge is 0.215 e. The molecule has 1 N–H and O–H groups in total. The summed E-state index contributed by atoms with van der Waals surface area (Å²) in [7, 11) is -3.31. The van der Waals surface area contributed by atoms with E-state index in [2.05, 4.69) is 14.5 Å². The van der Waals surface area contributed by atoms with Gasteiger partial charge in [0.05, 0.1) is 5.75 Å². The van der Waals surface area contributed by atoms with Crippen molar-refractivity contribution < 1.29 is 12.8 Å². The molecule has 0 aliphatic carbocycles. The highest BCUT2D eigenvalue weighted by Gasteiger charge is 2.17. The summed E-state index contributed by atoms with van der Waals surface area (Å²) in [6.45, 7) is 6.91. The van der Waals surface area contributed by atoms with Gasteiger partial charge in [-0.1, -0.05) is 29.8 Å². The zero-order valence-electron chi connectivity index (χ0n) is 16.3. The van der Waals surface area contributed by atoms with Gasteiger partial charge in [0.2, 0.25) is 10.0 Å². The predicted molar refractivity (Wildman–Crippen MR) is 111 cm³/mol. The predicted octanol–water partition coefficient (Wildman–Crippen LogP) is 2.77. The quantitative estimate of drug-likeness (QED) is 0.686. The number of sulfonamides is 1. The minimum Gasteiger partial charge on any atom is -0.369 e. The summed E-state index contributed by atoms with van der Waals surface area (Å²) in [5.41, 5.74) is 2.92. The fraction of sp³-hybridized carbons (Fsp3) is 0.429. The van der Waals surface area contributed by atoms with E-state index in [1.807, 2.05) is 43.3 Å². The Bertz CT molecular complexity index is 863.